The normalized spacial score (nSPS) is 11.6. The molecule has 3 aromatic rings. The van der Waals surface area contributed by atoms with E-state index in [4.69, 9.17) is 20.7 Å². The number of pyridine rings is 1. The average Bonchev–Trinajstić information content (AvgIpc) is 3.15. The molecule has 0 aliphatic heterocycles. The maximum Gasteiger partial charge on any atom is 0.326 e. The van der Waals surface area contributed by atoms with Crippen LogP contribution in [0.5, 0.6) is 5.88 Å². The molecule has 36 heavy (non-hydrogen) atoms. The van der Waals surface area contributed by atoms with Crippen molar-refractivity contribution in [2.45, 2.75) is 32.4 Å². The summed E-state index contributed by atoms with van der Waals surface area (Å²) in [6, 6.07) is 9.38. The summed E-state index contributed by atoms with van der Waals surface area (Å²) in [6.45, 7) is 1.46. The lowest BCUT2D eigenvalue weighted by Gasteiger charge is -2.13. The molecule has 0 saturated heterocycles. The second kappa shape index (κ2) is 11.1. The van der Waals surface area contributed by atoms with E-state index < -0.39 is 48.6 Å². The summed E-state index contributed by atoms with van der Waals surface area (Å²) in [4.78, 5) is 63.2. The van der Waals surface area contributed by atoms with Crippen LogP contribution >= 0.6 is 0 Å². The van der Waals surface area contributed by atoms with E-state index in [1.807, 2.05) is 41.8 Å². The minimum absolute atomic E-state index is 0.00808. The highest BCUT2D eigenvalue weighted by Crippen LogP contribution is 2.34. The number of nitrogens with one attached hydrogen (secondary N) is 1. The third-order valence-corrected chi connectivity index (χ3v) is 5.37. The topological polar surface area (TPSA) is 191 Å². The Bertz CT molecular complexity index is 1330. The van der Waals surface area contributed by atoms with E-state index in [1.165, 1.54) is 6.20 Å². The number of aliphatic carboxylic acids is 2. The van der Waals surface area contributed by atoms with Gasteiger partial charge in [-0.25, -0.2) is 9.78 Å². The number of rotatable bonds is 12. The third kappa shape index (κ3) is 5.66. The van der Waals surface area contributed by atoms with Gasteiger partial charge in [0.2, 0.25) is 5.88 Å². The van der Waals surface area contributed by atoms with Crippen molar-refractivity contribution in [2.75, 3.05) is 6.61 Å². The predicted octanol–water partition coefficient (Wildman–Crippen LogP) is 0.738. The van der Waals surface area contributed by atoms with Gasteiger partial charge < -0.3 is 30.6 Å². The molecule has 2 heterocycles. The van der Waals surface area contributed by atoms with E-state index >= 15 is 0 Å². The van der Waals surface area contributed by atoms with Crippen LogP contribution in [-0.2, 0) is 32.1 Å². The zero-order valence-electron chi connectivity index (χ0n) is 19.3. The Morgan fingerprint density at radius 1 is 1.11 bits per heavy atom. The van der Waals surface area contributed by atoms with Gasteiger partial charge in [-0.05, 0) is 18.1 Å². The third-order valence-electron chi connectivity index (χ3n) is 5.37. The van der Waals surface area contributed by atoms with Gasteiger partial charge in [0, 0.05) is 18.4 Å². The summed E-state index contributed by atoms with van der Waals surface area (Å²) < 4.78 is 7.36. The molecule has 12 nitrogen and oxygen atoms in total. The van der Waals surface area contributed by atoms with Crippen molar-refractivity contribution in [3.05, 3.63) is 59.4 Å². The molecule has 2 aromatic heterocycles. The number of benzene rings is 1. The van der Waals surface area contributed by atoms with Crippen LogP contribution in [0.4, 0.5) is 0 Å². The van der Waals surface area contributed by atoms with Crippen LogP contribution in [0.25, 0.3) is 10.9 Å². The quantitative estimate of drug-likeness (QED) is 0.207. The first-order chi connectivity index (χ1) is 17.1. The first-order valence-electron chi connectivity index (χ1n) is 10.9. The Morgan fingerprint density at radius 2 is 1.81 bits per heavy atom. The standard InChI is InChI=1S/C24H24N4O8/c1-2-15-19(21(32)22(25)33)20-16(28(15)11-13-6-4-3-5-7-13)8-9-26-23(20)36-12-17(29)27-14(24(34)35)10-18(30)31/h3-9,14H,2,10-12H2,1H3,(H2,25,33)(H,27,29)(H,30,31)(H,34,35). The van der Waals surface area contributed by atoms with E-state index in [0.717, 1.165) is 5.56 Å². The van der Waals surface area contributed by atoms with E-state index in [-0.39, 0.29) is 16.8 Å². The van der Waals surface area contributed by atoms with E-state index in [0.29, 0.717) is 24.2 Å². The lowest BCUT2D eigenvalue weighted by molar-refractivity contribution is -0.147. The molecule has 0 aliphatic carbocycles. The number of carboxylic acids is 2. The Labute approximate surface area is 204 Å². The number of primary amides is 1. The molecular weight excluding hydrogens is 472 g/mol. The summed E-state index contributed by atoms with van der Waals surface area (Å²) >= 11 is 0. The van der Waals surface area contributed by atoms with Crippen LogP contribution in [0.3, 0.4) is 0 Å². The van der Waals surface area contributed by atoms with Gasteiger partial charge in [-0.1, -0.05) is 37.3 Å². The zero-order chi connectivity index (χ0) is 26.4. The van der Waals surface area contributed by atoms with Gasteiger partial charge in [-0.15, -0.1) is 0 Å². The number of carbonyl (C=O) groups is 5. The lowest BCUT2D eigenvalue weighted by atomic mass is 10.1. The molecule has 5 N–H and O–H groups in total. The molecular formula is C24H24N4O8. The Morgan fingerprint density at radius 3 is 2.39 bits per heavy atom. The number of nitrogens with zero attached hydrogens (tertiary/aromatic N) is 2. The number of amides is 2. The largest absolute Gasteiger partial charge is 0.481 e. The fraction of sp³-hybridized carbons (Fsp3) is 0.250. The summed E-state index contributed by atoms with van der Waals surface area (Å²) in [5.41, 5.74) is 7.29. The number of aromatic nitrogens is 2. The van der Waals surface area contributed by atoms with Crippen molar-refractivity contribution >= 4 is 40.4 Å². The highest BCUT2D eigenvalue weighted by Gasteiger charge is 2.28. The van der Waals surface area contributed by atoms with Gasteiger partial charge >= 0.3 is 11.9 Å². The molecule has 0 radical (unpaired) electrons. The molecule has 12 heteroatoms. The number of hydrogen-bond acceptors (Lipinski definition) is 7. The van der Waals surface area contributed by atoms with Crippen LogP contribution in [0, 0.1) is 0 Å². The fourth-order valence-corrected chi connectivity index (χ4v) is 3.85. The Balaban J connectivity index is 2.02. The molecule has 3 rings (SSSR count). The highest BCUT2D eigenvalue weighted by molar-refractivity contribution is 6.45. The monoisotopic (exact) mass is 496 g/mol. The molecule has 1 aromatic carbocycles. The highest BCUT2D eigenvalue weighted by atomic mass is 16.5. The maximum absolute atomic E-state index is 12.8. The molecule has 0 saturated carbocycles. The molecule has 188 valence electrons. The number of hydrogen-bond donors (Lipinski definition) is 4. The number of carboxylic acid groups (broad SMARTS) is 2. The van der Waals surface area contributed by atoms with Crippen molar-refractivity contribution in [3.8, 4) is 5.88 Å². The van der Waals surface area contributed by atoms with Gasteiger partial charge in [0.15, 0.2) is 6.61 Å². The first-order valence-corrected chi connectivity index (χ1v) is 10.9. The predicted molar refractivity (Wildman–Crippen MR) is 125 cm³/mol. The van der Waals surface area contributed by atoms with Crippen LogP contribution < -0.4 is 15.8 Å². The molecule has 0 aliphatic rings. The number of Topliss-reactive ketones (excluding diaryl/α,β-unsaturated/α-hetero) is 1. The lowest BCUT2D eigenvalue weighted by Crippen LogP contribution is -2.44. The van der Waals surface area contributed by atoms with E-state index in [2.05, 4.69) is 10.3 Å². The van der Waals surface area contributed by atoms with Crippen molar-refractivity contribution < 1.29 is 38.9 Å². The maximum atomic E-state index is 12.8. The van der Waals surface area contributed by atoms with Crippen molar-refractivity contribution in [3.63, 3.8) is 0 Å². The summed E-state index contributed by atoms with van der Waals surface area (Å²) in [7, 11) is 0. The van der Waals surface area contributed by atoms with Crippen LogP contribution in [0.1, 0.15) is 35.0 Å². The van der Waals surface area contributed by atoms with Gasteiger partial charge in [0.1, 0.15) is 6.04 Å². The minimum atomic E-state index is -1.66. The number of fused-ring (bicyclic) bond motifs is 1. The van der Waals surface area contributed by atoms with Crippen LogP contribution in [0.15, 0.2) is 42.6 Å². The summed E-state index contributed by atoms with van der Waals surface area (Å²) in [5.74, 6) is -6.10. The van der Waals surface area contributed by atoms with Gasteiger partial charge in [0.05, 0.1) is 22.9 Å². The second-order valence-corrected chi connectivity index (χ2v) is 7.80. The van der Waals surface area contributed by atoms with Crippen molar-refractivity contribution in [1.29, 1.82) is 0 Å². The average molecular weight is 496 g/mol. The summed E-state index contributed by atoms with van der Waals surface area (Å²) in [6.07, 6.45) is 0.944. The van der Waals surface area contributed by atoms with Gasteiger partial charge in [-0.2, -0.15) is 0 Å². The number of carbonyl (C=O) groups excluding carboxylic acids is 3. The van der Waals surface area contributed by atoms with E-state index in [9.17, 15) is 24.0 Å². The molecule has 0 fully saturated rings. The number of ketones is 1. The van der Waals surface area contributed by atoms with Crippen molar-refractivity contribution in [2.24, 2.45) is 5.73 Å². The van der Waals surface area contributed by atoms with E-state index in [1.54, 1.807) is 6.07 Å². The molecule has 0 bridgehead atoms. The van der Waals surface area contributed by atoms with Crippen LogP contribution in [-0.4, -0.2) is 61.9 Å². The second-order valence-electron chi connectivity index (χ2n) is 7.80. The van der Waals surface area contributed by atoms with Crippen molar-refractivity contribution in [1.82, 2.24) is 14.9 Å². The number of nitrogens with two attached hydrogens (primary N) is 1. The molecule has 2 amide bonds. The first kappa shape index (κ1) is 25.9. The molecule has 1 atom stereocenters. The number of ether oxygens (including phenoxy) is 1. The van der Waals surface area contributed by atoms with Gasteiger partial charge in [-0.3, -0.25) is 19.2 Å². The SMILES string of the molecule is CCc1c(C(=O)C(N)=O)c2c(OCC(=O)NC(CC(=O)O)C(=O)O)nccc2n1Cc1ccccc1. The van der Waals surface area contributed by atoms with Gasteiger partial charge in [0.25, 0.3) is 17.6 Å². The minimum Gasteiger partial charge on any atom is -0.481 e. The van der Waals surface area contributed by atoms with Crippen LogP contribution in [0.2, 0.25) is 0 Å². The Kier molecular flexibility index (Phi) is 8.00. The summed E-state index contributed by atoms with van der Waals surface area (Å²) in [5, 5.41) is 20.2. The molecule has 1 unspecified atom stereocenters. The Hall–Kier alpha value is -4.74. The fourth-order valence-electron chi connectivity index (χ4n) is 3.85. The molecule has 0 spiro atoms. The zero-order valence-corrected chi connectivity index (χ0v) is 19.3. The smallest absolute Gasteiger partial charge is 0.326 e.